The normalized spacial score (nSPS) is 13.8. The number of hydrogen-bond donors (Lipinski definition) is 2. The zero-order valence-electron chi connectivity index (χ0n) is 8.69. The first kappa shape index (κ1) is 14.2. The minimum absolute atomic E-state index is 0.0510. The van der Waals surface area contributed by atoms with Gasteiger partial charge in [-0.2, -0.15) is 13.2 Å². The first-order valence-electron chi connectivity index (χ1n) is 4.78. The Morgan fingerprint density at radius 1 is 1.35 bits per heavy atom. The molecule has 2 nitrogen and oxygen atoms in total. The highest BCUT2D eigenvalue weighted by Gasteiger charge is 2.28. The van der Waals surface area contributed by atoms with Crippen LogP contribution in [0.4, 0.5) is 17.6 Å². The molecule has 1 atom stereocenters. The van der Waals surface area contributed by atoms with Gasteiger partial charge in [-0.25, -0.2) is 4.39 Å². The van der Waals surface area contributed by atoms with Crippen LogP contribution in [0.5, 0.6) is 0 Å². The molecule has 0 spiro atoms. The van der Waals surface area contributed by atoms with Gasteiger partial charge in [-0.15, -0.1) is 0 Å². The van der Waals surface area contributed by atoms with Gasteiger partial charge in [0.05, 0.1) is 6.54 Å². The zero-order valence-corrected chi connectivity index (χ0v) is 9.45. The third-order valence-electron chi connectivity index (χ3n) is 2.12. The maximum absolute atomic E-state index is 12.8. The summed E-state index contributed by atoms with van der Waals surface area (Å²) >= 11 is 5.74. The average molecular weight is 271 g/mol. The molecule has 1 unspecified atom stereocenters. The minimum atomic E-state index is -4.33. The number of hydrogen-bond acceptors (Lipinski definition) is 2. The molecule has 0 aliphatic heterocycles. The lowest BCUT2D eigenvalue weighted by Crippen LogP contribution is -2.35. The molecule has 0 saturated carbocycles. The fourth-order valence-corrected chi connectivity index (χ4v) is 1.64. The molecule has 17 heavy (non-hydrogen) atoms. The molecule has 0 saturated heterocycles. The van der Waals surface area contributed by atoms with E-state index < -0.39 is 24.6 Å². The third-order valence-corrected chi connectivity index (χ3v) is 2.45. The van der Waals surface area contributed by atoms with E-state index in [2.05, 4.69) is 5.32 Å². The Hall–Kier alpha value is -0.850. The maximum Gasteiger partial charge on any atom is 0.401 e. The van der Waals surface area contributed by atoms with Crippen LogP contribution in [0.25, 0.3) is 0 Å². The predicted octanol–water partition coefficient (Wildman–Crippen LogP) is 2.63. The second kappa shape index (κ2) is 5.66. The second-order valence-corrected chi connectivity index (χ2v) is 3.86. The summed E-state index contributed by atoms with van der Waals surface area (Å²) in [6, 6.07) is 2.72. The number of alkyl halides is 3. The van der Waals surface area contributed by atoms with Crippen molar-refractivity contribution in [3.8, 4) is 0 Å². The Bertz CT molecular complexity index is 381. The number of benzene rings is 1. The van der Waals surface area contributed by atoms with Gasteiger partial charge in [0.1, 0.15) is 5.82 Å². The molecule has 0 aliphatic rings. The van der Waals surface area contributed by atoms with Crippen molar-refractivity contribution in [1.29, 1.82) is 0 Å². The molecule has 0 amide bonds. The molecule has 0 heterocycles. The summed E-state index contributed by atoms with van der Waals surface area (Å²) in [6.07, 6.45) is -4.33. The number of halogens is 5. The van der Waals surface area contributed by atoms with Crippen LogP contribution in [0.1, 0.15) is 11.6 Å². The standard InChI is InChI=1S/C10H11ClF4N2/c11-8-3-6(12)1-2-7(8)9(4-16)17-5-10(13,14)15/h1-3,9,17H,4-5,16H2. The molecule has 96 valence electrons. The van der Waals surface area contributed by atoms with E-state index in [1.54, 1.807) is 0 Å². The SMILES string of the molecule is NCC(NCC(F)(F)F)c1ccc(F)cc1Cl. The average Bonchev–Trinajstić information content (AvgIpc) is 2.19. The highest BCUT2D eigenvalue weighted by molar-refractivity contribution is 6.31. The number of rotatable bonds is 4. The van der Waals surface area contributed by atoms with E-state index in [1.807, 2.05) is 0 Å². The summed E-state index contributed by atoms with van der Waals surface area (Å²) in [5, 5.41) is 2.28. The van der Waals surface area contributed by atoms with E-state index in [4.69, 9.17) is 17.3 Å². The van der Waals surface area contributed by atoms with Gasteiger partial charge in [-0.05, 0) is 17.7 Å². The van der Waals surface area contributed by atoms with Crippen LogP contribution < -0.4 is 11.1 Å². The van der Waals surface area contributed by atoms with Gasteiger partial charge in [-0.1, -0.05) is 17.7 Å². The van der Waals surface area contributed by atoms with Gasteiger partial charge >= 0.3 is 6.18 Å². The molecule has 1 aromatic carbocycles. The van der Waals surface area contributed by atoms with Crippen LogP contribution >= 0.6 is 11.6 Å². The van der Waals surface area contributed by atoms with E-state index in [0.717, 1.165) is 12.1 Å². The van der Waals surface area contributed by atoms with Crippen LogP contribution in [-0.2, 0) is 0 Å². The molecule has 0 radical (unpaired) electrons. The largest absolute Gasteiger partial charge is 0.401 e. The smallest absolute Gasteiger partial charge is 0.329 e. The van der Waals surface area contributed by atoms with Crippen molar-refractivity contribution in [3.05, 3.63) is 34.6 Å². The van der Waals surface area contributed by atoms with Crippen LogP contribution in [0.3, 0.4) is 0 Å². The van der Waals surface area contributed by atoms with Gasteiger partial charge in [0, 0.05) is 17.6 Å². The van der Waals surface area contributed by atoms with Gasteiger partial charge in [0.25, 0.3) is 0 Å². The number of nitrogens with two attached hydrogens (primary N) is 1. The lowest BCUT2D eigenvalue weighted by molar-refractivity contribution is -0.126. The number of nitrogens with one attached hydrogen (secondary N) is 1. The summed E-state index contributed by atoms with van der Waals surface area (Å²) < 4.78 is 48.9. The Balaban J connectivity index is 2.79. The van der Waals surface area contributed by atoms with Gasteiger partial charge in [0.2, 0.25) is 0 Å². The molecule has 0 fully saturated rings. The van der Waals surface area contributed by atoms with Crippen molar-refractivity contribution in [1.82, 2.24) is 5.32 Å². The van der Waals surface area contributed by atoms with E-state index in [-0.39, 0.29) is 11.6 Å². The van der Waals surface area contributed by atoms with Crippen molar-refractivity contribution in [3.63, 3.8) is 0 Å². The third kappa shape index (κ3) is 4.49. The quantitative estimate of drug-likeness (QED) is 0.826. The molecule has 0 aliphatic carbocycles. The monoisotopic (exact) mass is 270 g/mol. The van der Waals surface area contributed by atoms with Crippen molar-refractivity contribution in [2.24, 2.45) is 5.73 Å². The highest BCUT2D eigenvalue weighted by Crippen LogP contribution is 2.24. The van der Waals surface area contributed by atoms with Gasteiger partial charge in [-0.3, -0.25) is 0 Å². The maximum atomic E-state index is 12.8. The lowest BCUT2D eigenvalue weighted by atomic mass is 10.1. The molecule has 0 bridgehead atoms. The molecular formula is C10H11ClF4N2. The van der Waals surface area contributed by atoms with E-state index in [1.165, 1.54) is 6.07 Å². The molecule has 3 N–H and O–H groups in total. The van der Waals surface area contributed by atoms with Gasteiger partial charge < -0.3 is 11.1 Å². The fraction of sp³-hybridized carbons (Fsp3) is 0.400. The summed E-state index contributed by atoms with van der Waals surface area (Å²) in [5.74, 6) is -0.551. The Labute approximate surface area is 101 Å². The van der Waals surface area contributed by atoms with Crippen molar-refractivity contribution in [2.75, 3.05) is 13.1 Å². The highest BCUT2D eigenvalue weighted by atomic mass is 35.5. The molecule has 1 aromatic rings. The topological polar surface area (TPSA) is 38.0 Å². The fourth-order valence-electron chi connectivity index (χ4n) is 1.34. The second-order valence-electron chi connectivity index (χ2n) is 3.45. The van der Waals surface area contributed by atoms with Crippen molar-refractivity contribution in [2.45, 2.75) is 12.2 Å². The summed E-state index contributed by atoms with van der Waals surface area (Å²) in [5.41, 5.74) is 5.71. The lowest BCUT2D eigenvalue weighted by Gasteiger charge is -2.19. The van der Waals surface area contributed by atoms with Crippen LogP contribution in [0.15, 0.2) is 18.2 Å². The van der Waals surface area contributed by atoms with E-state index in [0.29, 0.717) is 5.56 Å². The predicted molar refractivity (Wildman–Crippen MR) is 57.3 cm³/mol. The Kier molecular flexibility index (Phi) is 4.73. The van der Waals surface area contributed by atoms with Crippen LogP contribution in [-0.4, -0.2) is 19.3 Å². The van der Waals surface area contributed by atoms with Gasteiger partial charge in [0.15, 0.2) is 0 Å². The summed E-state index contributed by atoms with van der Waals surface area (Å²) in [6.45, 7) is -1.25. The van der Waals surface area contributed by atoms with Crippen LogP contribution in [0, 0.1) is 5.82 Å². The Morgan fingerprint density at radius 2 is 2.00 bits per heavy atom. The van der Waals surface area contributed by atoms with Crippen LogP contribution in [0.2, 0.25) is 5.02 Å². The molecule has 7 heteroatoms. The molecular weight excluding hydrogens is 260 g/mol. The van der Waals surface area contributed by atoms with Crippen molar-refractivity contribution >= 4 is 11.6 Å². The van der Waals surface area contributed by atoms with E-state index >= 15 is 0 Å². The molecule has 0 aromatic heterocycles. The first-order valence-corrected chi connectivity index (χ1v) is 5.16. The minimum Gasteiger partial charge on any atom is -0.329 e. The zero-order chi connectivity index (χ0) is 13.1. The first-order chi connectivity index (χ1) is 7.83. The molecule has 1 rings (SSSR count). The van der Waals surface area contributed by atoms with Crippen molar-refractivity contribution < 1.29 is 17.6 Å². The summed E-state index contributed by atoms with van der Waals surface area (Å²) in [7, 11) is 0. The summed E-state index contributed by atoms with van der Waals surface area (Å²) in [4.78, 5) is 0. The van der Waals surface area contributed by atoms with E-state index in [9.17, 15) is 17.6 Å². The Morgan fingerprint density at radius 3 is 2.47 bits per heavy atom.